The number of ether oxygens (including phenoxy) is 2. The zero-order chi connectivity index (χ0) is 15.2. The maximum Gasteiger partial charge on any atom is 0.123 e. The minimum absolute atomic E-state index is 0.251. The maximum absolute atomic E-state index is 5.55. The highest BCUT2D eigenvalue weighted by Crippen LogP contribution is 2.41. The molecule has 0 heterocycles. The molecule has 3 heteroatoms. The third-order valence-electron chi connectivity index (χ3n) is 3.43. The molecular formula is C18H22O2S. The quantitative estimate of drug-likeness (QED) is 0.759. The van der Waals surface area contributed by atoms with E-state index in [1.807, 2.05) is 23.9 Å². The Kier molecular flexibility index (Phi) is 5.57. The van der Waals surface area contributed by atoms with Crippen molar-refractivity contribution in [2.45, 2.75) is 19.1 Å². The van der Waals surface area contributed by atoms with E-state index < -0.39 is 0 Å². The highest BCUT2D eigenvalue weighted by atomic mass is 32.2. The summed E-state index contributed by atoms with van der Waals surface area (Å²) in [6.07, 6.45) is 0. The first kappa shape index (κ1) is 15.8. The predicted octanol–water partition coefficient (Wildman–Crippen LogP) is 4.85. The lowest BCUT2D eigenvalue weighted by atomic mass is 10.0. The van der Waals surface area contributed by atoms with Crippen molar-refractivity contribution in [2.24, 2.45) is 0 Å². The van der Waals surface area contributed by atoms with Crippen molar-refractivity contribution < 1.29 is 9.47 Å². The first-order valence-electron chi connectivity index (χ1n) is 7.09. The summed E-state index contributed by atoms with van der Waals surface area (Å²) in [5.41, 5.74) is 3.73. The van der Waals surface area contributed by atoms with Crippen molar-refractivity contribution in [1.29, 1.82) is 0 Å². The average molecular weight is 302 g/mol. The molecule has 0 radical (unpaired) electrons. The summed E-state index contributed by atoms with van der Waals surface area (Å²) in [5, 5.41) is 0.251. The van der Waals surface area contributed by atoms with Crippen LogP contribution in [0.5, 0.6) is 11.5 Å². The first-order valence-corrected chi connectivity index (χ1v) is 8.14. The largest absolute Gasteiger partial charge is 0.497 e. The lowest BCUT2D eigenvalue weighted by Crippen LogP contribution is -2.01. The smallest absolute Gasteiger partial charge is 0.123 e. The Morgan fingerprint density at radius 2 is 1.71 bits per heavy atom. The van der Waals surface area contributed by atoms with Crippen molar-refractivity contribution in [1.82, 2.24) is 0 Å². The van der Waals surface area contributed by atoms with Crippen LogP contribution in [0.4, 0.5) is 0 Å². The topological polar surface area (TPSA) is 18.5 Å². The summed E-state index contributed by atoms with van der Waals surface area (Å²) in [6, 6.07) is 14.7. The SMILES string of the molecule is CCSC(c1ccc(C)cc1)c1cc(OC)ccc1OC. The normalized spacial score (nSPS) is 12.0. The summed E-state index contributed by atoms with van der Waals surface area (Å²) in [4.78, 5) is 0. The lowest BCUT2D eigenvalue weighted by molar-refractivity contribution is 0.399. The fourth-order valence-corrected chi connectivity index (χ4v) is 3.36. The van der Waals surface area contributed by atoms with Crippen LogP contribution in [0.3, 0.4) is 0 Å². The van der Waals surface area contributed by atoms with Gasteiger partial charge < -0.3 is 9.47 Å². The summed E-state index contributed by atoms with van der Waals surface area (Å²) < 4.78 is 10.9. The molecule has 0 N–H and O–H groups in total. The molecule has 0 aliphatic rings. The molecule has 0 aliphatic carbocycles. The van der Waals surface area contributed by atoms with Crippen molar-refractivity contribution in [2.75, 3.05) is 20.0 Å². The fourth-order valence-electron chi connectivity index (χ4n) is 2.32. The Morgan fingerprint density at radius 1 is 1.00 bits per heavy atom. The number of methoxy groups -OCH3 is 2. The lowest BCUT2D eigenvalue weighted by Gasteiger charge is -2.20. The molecule has 2 aromatic carbocycles. The third kappa shape index (κ3) is 3.73. The van der Waals surface area contributed by atoms with Gasteiger partial charge in [0, 0.05) is 5.56 Å². The number of rotatable bonds is 6. The van der Waals surface area contributed by atoms with Crippen LogP contribution < -0.4 is 9.47 Å². The van der Waals surface area contributed by atoms with Gasteiger partial charge >= 0.3 is 0 Å². The molecule has 1 unspecified atom stereocenters. The Labute approximate surface area is 131 Å². The molecule has 1 atom stereocenters. The number of aryl methyl sites for hydroxylation is 1. The molecule has 0 amide bonds. The number of thioether (sulfide) groups is 1. The summed E-state index contributed by atoms with van der Waals surface area (Å²) in [6.45, 7) is 4.29. The molecule has 2 aromatic rings. The van der Waals surface area contributed by atoms with Gasteiger partial charge in [0.05, 0.1) is 19.5 Å². The van der Waals surface area contributed by atoms with Crippen LogP contribution in [0.15, 0.2) is 42.5 Å². The van der Waals surface area contributed by atoms with Crippen molar-refractivity contribution in [3.63, 3.8) is 0 Å². The van der Waals surface area contributed by atoms with Gasteiger partial charge in [0.1, 0.15) is 11.5 Å². The highest BCUT2D eigenvalue weighted by Gasteiger charge is 2.19. The fraction of sp³-hybridized carbons (Fsp3) is 0.333. The maximum atomic E-state index is 5.55. The zero-order valence-corrected chi connectivity index (χ0v) is 13.9. The summed E-state index contributed by atoms with van der Waals surface area (Å²) >= 11 is 1.90. The second-order valence-electron chi connectivity index (χ2n) is 4.85. The number of hydrogen-bond donors (Lipinski definition) is 0. The molecule has 21 heavy (non-hydrogen) atoms. The molecule has 0 bridgehead atoms. The van der Waals surface area contributed by atoms with E-state index in [2.05, 4.69) is 44.2 Å². The minimum Gasteiger partial charge on any atom is -0.497 e. The zero-order valence-electron chi connectivity index (χ0n) is 13.1. The van der Waals surface area contributed by atoms with Gasteiger partial charge in [-0.3, -0.25) is 0 Å². The summed E-state index contributed by atoms with van der Waals surface area (Å²) in [5.74, 6) is 2.81. The molecule has 0 fully saturated rings. The minimum atomic E-state index is 0.251. The van der Waals surface area contributed by atoms with E-state index in [9.17, 15) is 0 Å². The Hall–Kier alpha value is -1.61. The van der Waals surface area contributed by atoms with Gasteiger partial charge in [-0.05, 0) is 36.4 Å². The van der Waals surface area contributed by atoms with Crippen LogP contribution in [0.2, 0.25) is 0 Å². The molecule has 112 valence electrons. The molecule has 2 rings (SSSR count). The first-order chi connectivity index (χ1) is 10.2. The van der Waals surface area contributed by atoms with Gasteiger partial charge in [-0.1, -0.05) is 36.8 Å². The van der Waals surface area contributed by atoms with E-state index in [1.165, 1.54) is 11.1 Å². The predicted molar refractivity (Wildman–Crippen MR) is 90.7 cm³/mol. The highest BCUT2D eigenvalue weighted by molar-refractivity contribution is 7.99. The van der Waals surface area contributed by atoms with Crippen LogP contribution in [0.25, 0.3) is 0 Å². The summed E-state index contributed by atoms with van der Waals surface area (Å²) in [7, 11) is 3.41. The van der Waals surface area contributed by atoms with Crippen LogP contribution in [-0.2, 0) is 0 Å². The number of hydrogen-bond acceptors (Lipinski definition) is 3. The van der Waals surface area contributed by atoms with E-state index in [-0.39, 0.29) is 5.25 Å². The van der Waals surface area contributed by atoms with E-state index in [0.29, 0.717) is 0 Å². The molecule has 0 spiro atoms. The Morgan fingerprint density at radius 3 is 2.29 bits per heavy atom. The van der Waals surface area contributed by atoms with Crippen molar-refractivity contribution in [3.05, 3.63) is 59.2 Å². The molecule has 0 aliphatic heterocycles. The van der Waals surface area contributed by atoms with Gasteiger partial charge in [-0.15, -0.1) is 11.8 Å². The third-order valence-corrected chi connectivity index (χ3v) is 4.63. The molecule has 0 saturated heterocycles. The van der Waals surface area contributed by atoms with Crippen molar-refractivity contribution >= 4 is 11.8 Å². The van der Waals surface area contributed by atoms with Crippen molar-refractivity contribution in [3.8, 4) is 11.5 Å². The second-order valence-corrected chi connectivity index (χ2v) is 6.24. The number of benzene rings is 2. The van der Waals surface area contributed by atoms with Crippen LogP contribution in [-0.4, -0.2) is 20.0 Å². The van der Waals surface area contributed by atoms with E-state index in [0.717, 1.165) is 22.8 Å². The monoisotopic (exact) mass is 302 g/mol. The molecular weight excluding hydrogens is 280 g/mol. The van der Waals surface area contributed by atoms with E-state index in [4.69, 9.17) is 9.47 Å². The van der Waals surface area contributed by atoms with Crippen LogP contribution in [0, 0.1) is 6.92 Å². The van der Waals surface area contributed by atoms with Gasteiger partial charge in [-0.25, -0.2) is 0 Å². The molecule has 2 nitrogen and oxygen atoms in total. The van der Waals surface area contributed by atoms with Crippen LogP contribution >= 0.6 is 11.8 Å². The van der Waals surface area contributed by atoms with E-state index >= 15 is 0 Å². The Balaban J connectivity index is 2.48. The van der Waals surface area contributed by atoms with Gasteiger partial charge in [0.25, 0.3) is 0 Å². The van der Waals surface area contributed by atoms with Gasteiger partial charge in [0.2, 0.25) is 0 Å². The Bertz CT molecular complexity index is 578. The second kappa shape index (κ2) is 7.41. The standard InChI is InChI=1S/C18H22O2S/c1-5-21-18(14-8-6-13(2)7-9-14)16-12-15(19-3)10-11-17(16)20-4/h6-12,18H,5H2,1-4H3. The average Bonchev–Trinajstić information content (AvgIpc) is 2.53. The van der Waals surface area contributed by atoms with Crippen LogP contribution in [0.1, 0.15) is 28.9 Å². The van der Waals surface area contributed by atoms with E-state index in [1.54, 1.807) is 14.2 Å². The van der Waals surface area contributed by atoms with Gasteiger partial charge in [-0.2, -0.15) is 0 Å². The molecule has 0 aromatic heterocycles. The molecule has 0 saturated carbocycles. The van der Waals surface area contributed by atoms with Gasteiger partial charge in [0.15, 0.2) is 0 Å².